The molecule has 0 saturated heterocycles. The fourth-order valence-corrected chi connectivity index (χ4v) is 3.06. The summed E-state index contributed by atoms with van der Waals surface area (Å²) in [6.45, 7) is 1.36. The molecule has 0 amide bonds. The molecule has 0 aliphatic rings. The Balaban J connectivity index is 3.61. The van der Waals surface area contributed by atoms with Crippen molar-refractivity contribution in [3.05, 3.63) is 29.8 Å². The monoisotopic (exact) mass is 626 g/mol. The van der Waals surface area contributed by atoms with Gasteiger partial charge in [0.2, 0.25) is 0 Å². The largest absolute Gasteiger partial charge is 0.460 e. The van der Waals surface area contributed by atoms with Crippen LogP contribution in [0, 0.1) is 0 Å². The minimum absolute atomic E-state index is 0.295. The van der Waals surface area contributed by atoms with Crippen LogP contribution in [0.15, 0.2) is 24.3 Å². The van der Waals surface area contributed by atoms with Crippen LogP contribution in [0.4, 0.5) is 74.6 Å². The first-order valence-electron chi connectivity index (χ1n) is 9.97. The maximum absolute atomic E-state index is 14.5. The summed E-state index contributed by atoms with van der Waals surface area (Å²) < 4.78 is 238. The Labute approximate surface area is 212 Å². The van der Waals surface area contributed by atoms with Gasteiger partial charge in [-0.3, -0.25) is 4.79 Å². The molecule has 0 fully saturated rings. The lowest BCUT2D eigenvalue weighted by Crippen LogP contribution is -2.74. The molecule has 0 bridgehead atoms. The molecule has 1 rings (SSSR count). The molecular formula is C20H15F17O3. The van der Waals surface area contributed by atoms with Crippen molar-refractivity contribution in [3.63, 3.8) is 0 Å². The molecule has 3 nitrogen and oxygen atoms in total. The third-order valence-electron chi connectivity index (χ3n) is 5.52. The van der Waals surface area contributed by atoms with Crippen LogP contribution in [0.3, 0.4) is 0 Å². The number of hydrogen-bond donors (Lipinski definition) is 0. The molecule has 0 radical (unpaired) electrons. The topological polar surface area (TPSA) is 35.5 Å². The number of hydrogen-bond acceptors (Lipinski definition) is 3. The first-order chi connectivity index (χ1) is 17.4. The van der Waals surface area contributed by atoms with Crippen LogP contribution in [-0.4, -0.2) is 60.7 Å². The van der Waals surface area contributed by atoms with E-state index < -0.39 is 71.2 Å². The van der Waals surface area contributed by atoms with Gasteiger partial charge in [0.25, 0.3) is 0 Å². The number of ether oxygens (including phenoxy) is 2. The van der Waals surface area contributed by atoms with E-state index in [1.807, 2.05) is 0 Å². The van der Waals surface area contributed by atoms with Crippen molar-refractivity contribution >= 4 is 5.97 Å². The van der Waals surface area contributed by atoms with E-state index in [1.54, 1.807) is 0 Å². The number of esters is 1. The zero-order valence-electron chi connectivity index (χ0n) is 19.7. The van der Waals surface area contributed by atoms with Gasteiger partial charge in [-0.1, -0.05) is 12.1 Å². The third kappa shape index (κ3) is 5.26. The standard InChI is InChI=1S/C20H15F17O3/c1-9(38)40-11-6-4-10(5-7-11)12(2,39-3)8-13(21,22)14(23,24)15(25,26)16(27,28)17(29,30)18(31,32)19(33,34)20(35,36)37/h4-7H,8H2,1-3H3. The predicted octanol–water partition coefficient (Wildman–Crippen LogP) is 7.87. The van der Waals surface area contributed by atoms with Gasteiger partial charge in [0.05, 0.1) is 12.0 Å². The Morgan fingerprint density at radius 2 is 0.975 bits per heavy atom. The number of carbonyl (C=O) groups excluding carboxylic acids is 1. The van der Waals surface area contributed by atoms with Crippen LogP contribution in [0.25, 0.3) is 0 Å². The third-order valence-corrected chi connectivity index (χ3v) is 5.52. The lowest BCUT2D eigenvalue weighted by Gasteiger charge is -2.44. The molecule has 0 heterocycles. The molecule has 0 aliphatic heterocycles. The van der Waals surface area contributed by atoms with E-state index in [-0.39, 0.29) is 5.75 Å². The van der Waals surface area contributed by atoms with Gasteiger partial charge >= 0.3 is 53.6 Å². The number of methoxy groups -OCH3 is 1. The van der Waals surface area contributed by atoms with Crippen molar-refractivity contribution in [3.8, 4) is 5.75 Å². The Morgan fingerprint density at radius 1 is 0.625 bits per heavy atom. The Bertz CT molecular complexity index is 1060. The van der Waals surface area contributed by atoms with Gasteiger partial charge in [-0.25, -0.2) is 0 Å². The first-order valence-corrected chi connectivity index (χ1v) is 9.97. The molecule has 0 aromatic heterocycles. The molecule has 232 valence electrons. The Kier molecular flexibility index (Phi) is 8.94. The van der Waals surface area contributed by atoms with Gasteiger partial charge in [0.15, 0.2) is 0 Å². The van der Waals surface area contributed by atoms with E-state index in [9.17, 15) is 79.4 Å². The molecule has 0 aliphatic carbocycles. The summed E-state index contributed by atoms with van der Waals surface area (Å²) in [5, 5.41) is 0. The molecule has 1 aromatic rings. The van der Waals surface area contributed by atoms with Gasteiger partial charge in [0.1, 0.15) is 5.75 Å². The van der Waals surface area contributed by atoms with Crippen molar-refractivity contribution in [2.75, 3.05) is 7.11 Å². The van der Waals surface area contributed by atoms with Crippen molar-refractivity contribution in [2.45, 2.75) is 73.5 Å². The molecule has 1 atom stereocenters. The van der Waals surface area contributed by atoms with E-state index in [1.165, 1.54) is 0 Å². The summed E-state index contributed by atoms with van der Waals surface area (Å²) in [7, 11) is 0.481. The van der Waals surface area contributed by atoms with Crippen LogP contribution >= 0.6 is 0 Å². The van der Waals surface area contributed by atoms with E-state index >= 15 is 0 Å². The number of carbonyl (C=O) groups is 1. The molecule has 1 aromatic carbocycles. The van der Waals surface area contributed by atoms with E-state index in [2.05, 4.69) is 9.47 Å². The van der Waals surface area contributed by atoms with Gasteiger partial charge in [0, 0.05) is 14.0 Å². The van der Waals surface area contributed by atoms with Crippen LogP contribution in [0.2, 0.25) is 0 Å². The molecule has 0 saturated carbocycles. The van der Waals surface area contributed by atoms with Crippen molar-refractivity contribution in [1.29, 1.82) is 0 Å². The number of halogens is 17. The summed E-state index contributed by atoms with van der Waals surface area (Å²) in [4.78, 5) is 10.9. The maximum atomic E-state index is 14.5. The highest BCUT2D eigenvalue weighted by atomic mass is 19.4. The van der Waals surface area contributed by atoms with Crippen molar-refractivity contribution in [1.82, 2.24) is 0 Å². The van der Waals surface area contributed by atoms with Crippen LogP contribution < -0.4 is 4.74 Å². The number of alkyl halides is 17. The summed E-state index contributed by atoms with van der Waals surface area (Å²) >= 11 is 0. The number of rotatable bonds is 11. The SMILES string of the molecule is COC(C)(CC(F)(F)C(F)(F)C(F)(F)C(F)(F)C(F)(F)C(F)(F)C(F)(F)C(F)(F)F)c1ccc(OC(C)=O)cc1. The average molecular weight is 626 g/mol. The normalized spacial score (nSPS) is 16.5. The number of benzene rings is 1. The van der Waals surface area contributed by atoms with Crippen molar-refractivity contribution in [2.24, 2.45) is 0 Å². The predicted molar refractivity (Wildman–Crippen MR) is 97.4 cm³/mol. The second-order valence-corrected chi connectivity index (χ2v) is 8.38. The van der Waals surface area contributed by atoms with Gasteiger partial charge < -0.3 is 9.47 Å². The quantitative estimate of drug-likeness (QED) is 0.143. The van der Waals surface area contributed by atoms with Gasteiger partial charge in [-0.2, -0.15) is 74.6 Å². The Hall–Kier alpha value is -2.54. The van der Waals surface area contributed by atoms with Crippen LogP contribution in [0.1, 0.15) is 25.8 Å². The lowest BCUT2D eigenvalue weighted by molar-refractivity contribution is -0.462. The molecular weight excluding hydrogens is 611 g/mol. The minimum Gasteiger partial charge on any atom is -0.427 e. The van der Waals surface area contributed by atoms with Crippen LogP contribution in [0.5, 0.6) is 5.75 Å². The molecule has 20 heteroatoms. The molecule has 0 N–H and O–H groups in total. The highest BCUT2D eigenvalue weighted by molar-refractivity contribution is 5.69. The second-order valence-electron chi connectivity index (χ2n) is 8.38. The summed E-state index contributed by atoms with van der Waals surface area (Å²) in [6.07, 6.45) is -10.6. The molecule has 1 unspecified atom stereocenters. The zero-order valence-corrected chi connectivity index (χ0v) is 19.7. The average Bonchev–Trinajstić information content (AvgIpc) is 2.77. The second kappa shape index (κ2) is 10.1. The van der Waals surface area contributed by atoms with E-state index in [4.69, 9.17) is 0 Å². The minimum atomic E-state index is -8.70. The summed E-state index contributed by atoms with van der Waals surface area (Å²) in [6, 6.07) is 3.04. The highest BCUT2D eigenvalue weighted by Gasteiger charge is 2.95. The Morgan fingerprint density at radius 3 is 1.30 bits per heavy atom. The fourth-order valence-electron chi connectivity index (χ4n) is 3.06. The molecule has 0 spiro atoms. The van der Waals surface area contributed by atoms with E-state index in [0.29, 0.717) is 26.2 Å². The smallest absolute Gasteiger partial charge is 0.427 e. The highest BCUT2D eigenvalue weighted by Crippen LogP contribution is 2.64. The first kappa shape index (κ1) is 35.5. The fraction of sp³-hybridized carbons (Fsp3) is 0.650. The molecule has 40 heavy (non-hydrogen) atoms. The van der Waals surface area contributed by atoms with Crippen molar-refractivity contribution < 1.29 is 88.9 Å². The van der Waals surface area contributed by atoms with Crippen LogP contribution in [-0.2, 0) is 15.1 Å². The van der Waals surface area contributed by atoms with Gasteiger partial charge in [-0.15, -0.1) is 0 Å². The lowest BCUT2D eigenvalue weighted by atomic mass is 9.83. The van der Waals surface area contributed by atoms with Gasteiger partial charge in [-0.05, 0) is 24.6 Å². The summed E-state index contributed by atoms with van der Waals surface area (Å²) in [5.41, 5.74) is -3.57. The van der Waals surface area contributed by atoms with E-state index in [0.717, 1.165) is 19.1 Å². The zero-order chi connectivity index (χ0) is 32.2. The maximum Gasteiger partial charge on any atom is 0.460 e. The summed E-state index contributed by atoms with van der Waals surface area (Å²) in [5.74, 6) is -58.2.